The third kappa shape index (κ3) is 14.4. The van der Waals surface area contributed by atoms with Crippen LogP contribution in [0.2, 0.25) is 0 Å². The summed E-state index contributed by atoms with van der Waals surface area (Å²) in [6, 6.07) is 0. The third-order valence-corrected chi connectivity index (χ3v) is 8.60. The quantitative estimate of drug-likeness (QED) is 0.119. The molecule has 1 unspecified atom stereocenters. The van der Waals surface area contributed by atoms with E-state index in [9.17, 15) is 25.2 Å². The second-order valence-corrected chi connectivity index (χ2v) is 12.5. The van der Waals surface area contributed by atoms with Crippen molar-refractivity contribution >= 4 is 5.97 Å². The molecule has 0 spiro atoms. The van der Waals surface area contributed by atoms with E-state index in [4.69, 9.17) is 10.5 Å². The van der Waals surface area contributed by atoms with E-state index in [1.807, 2.05) is 52.0 Å². The Kier molecular flexibility index (Phi) is 18.8. The van der Waals surface area contributed by atoms with Gasteiger partial charge in [0.05, 0.1) is 24.4 Å². The number of nitrogens with two attached hydrogens (primary N) is 1. The Morgan fingerprint density at radius 3 is 2.38 bits per heavy atom. The average molecular weight is 590 g/mol. The molecule has 0 saturated heterocycles. The van der Waals surface area contributed by atoms with Gasteiger partial charge in [0, 0.05) is 36.2 Å². The van der Waals surface area contributed by atoms with Crippen molar-refractivity contribution in [2.75, 3.05) is 6.54 Å². The first-order valence-electron chi connectivity index (χ1n) is 15.9. The molecule has 42 heavy (non-hydrogen) atoms. The molecule has 6 N–H and O–H groups in total. The van der Waals surface area contributed by atoms with Gasteiger partial charge < -0.3 is 30.9 Å². The first-order chi connectivity index (χ1) is 19.9. The number of unbranched alkanes of at least 4 members (excludes halogenated alkanes) is 1. The summed E-state index contributed by atoms with van der Waals surface area (Å²) >= 11 is 0. The van der Waals surface area contributed by atoms with Crippen LogP contribution in [0.15, 0.2) is 61.3 Å². The molecule has 0 saturated carbocycles. The van der Waals surface area contributed by atoms with E-state index in [0.717, 1.165) is 25.7 Å². The van der Waals surface area contributed by atoms with Crippen molar-refractivity contribution in [1.29, 1.82) is 0 Å². The highest BCUT2D eigenvalue weighted by Crippen LogP contribution is 2.28. The highest BCUT2D eigenvalue weighted by atomic mass is 16.5. The maximum Gasteiger partial charge on any atom is 0.331 e. The van der Waals surface area contributed by atoms with Crippen LogP contribution in [0.4, 0.5) is 0 Å². The summed E-state index contributed by atoms with van der Waals surface area (Å²) in [6.07, 6.45) is 16.7. The number of rotatable bonds is 7. The topological polar surface area (TPSA) is 133 Å². The smallest absolute Gasteiger partial charge is 0.331 e. The molecule has 7 nitrogen and oxygen atoms in total. The number of esters is 1. The second-order valence-electron chi connectivity index (χ2n) is 12.5. The van der Waals surface area contributed by atoms with Gasteiger partial charge in [-0.15, -0.1) is 0 Å². The Hall–Kier alpha value is -2.03. The van der Waals surface area contributed by atoms with E-state index < -0.39 is 36.5 Å². The first kappa shape index (κ1) is 38.0. The molecule has 0 amide bonds. The van der Waals surface area contributed by atoms with Crippen LogP contribution in [0.1, 0.15) is 79.6 Å². The largest absolute Gasteiger partial charge is 0.458 e. The zero-order valence-electron chi connectivity index (χ0n) is 26.6. The van der Waals surface area contributed by atoms with Gasteiger partial charge in [-0.1, -0.05) is 96.2 Å². The van der Waals surface area contributed by atoms with Gasteiger partial charge >= 0.3 is 5.97 Å². The molecule has 0 bridgehead atoms. The van der Waals surface area contributed by atoms with E-state index in [1.54, 1.807) is 24.3 Å². The minimum atomic E-state index is -0.852. The number of carbonyl (C=O) groups is 1. The standard InChI is InChI=1S/C35H59NO6/c1-7-8-13-26(4)35-28(6)31(38)20-17-24(2)22-27(5)34(41)25(3)18-19-30(37)23-32(39)29(15-11-12-21-36)14-9-10-16-33(40)42-35/h7-10,13-14,16,18-19,24-32,34-35,37-39,41H,1,11-12,15,17,20-23,36H2,2-6H3/b13-8-,14-9+,16-10-,19-18-/t24-,25-,26-,27-,28-,29?,30+,31+,32-,34-,35-/m0/s1. The highest BCUT2D eigenvalue weighted by Gasteiger charge is 2.31. The number of aliphatic hydroxyl groups excluding tert-OH is 4. The molecular weight excluding hydrogens is 530 g/mol. The minimum absolute atomic E-state index is 0.0245. The highest BCUT2D eigenvalue weighted by molar-refractivity contribution is 5.82. The predicted octanol–water partition coefficient (Wildman–Crippen LogP) is 5.25. The predicted molar refractivity (Wildman–Crippen MR) is 171 cm³/mol. The molecule has 0 aliphatic carbocycles. The summed E-state index contributed by atoms with van der Waals surface area (Å²) in [5.74, 6) is -1.03. The van der Waals surface area contributed by atoms with Crippen LogP contribution in [0, 0.1) is 35.5 Å². The number of carbonyl (C=O) groups excluding carboxylic acids is 1. The molecule has 0 radical (unpaired) electrons. The number of hydrogen-bond donors (Lipinski definition) is 5. The molecule has 0 aromatic rings. The van der Waals surface area contributed by atoms with Gasteiger partial charge in [0.2, 0.25) is 0 Å². The lowest BCUT2D eigenvalue weighted by molar-refractivity contribution is -0.150. The number of ether oxygens (including phenoxy) is 1. The fourth-order valence-corrected chi connectivity index (χ4v) is 5.78. The van der Waals surface area contributed by atoms with Crippen molar-refractivity contribution < 1.29 is 30.0 Å². The molecule has 1 aliphatic heterocycles. The van der Waals surface area contributed by atoms with Gasteiger partial charge in [-0.2, -0.15) is 0 Å². The van der Waals surface area contributed by atoms with Crippen LogP contribution in [0.5, 0.6) is 0 Å². The van der Waals surface area contributed by atoms with Crippen molar-refractivity contribution in [3.8, 4) is 0 Å². The Bertz CT molecular complexity index is 883. The average Bonchev–Trinajstić information content (AvgIpc) is 2.95. The molecule has 0 aromatic heterocycles. The molecule has 0 fully saturated rings. The van der Waals surface area contributed by atoms with Crippen molar-refractivity contribution in [1.82, 2.24) is 0 Å². The fraction of sp³-hybridized carbons (Fsp3) is 0.686. The lowest BCUT2D eigenvalue weighted by Crippen LogP contribution is -2.37. The summed E-state index contributed by atoms with van der Waals surface area (Å²) < 4.78 is 5.87. The van der Waals surface area contributed by atoms with Gasteiger partial charge in [-0.3, -0.25) is 0 Å². The molecule has 11 atom stereocenters. The summed E-state index contributed by atoms with van der Waals surface area (Å²) in [5, 5.41) is 43.6. The fourth-order valence-electron chi connectivity index (χ4n) is 5.78. The summed E-state index contributed by atoms with van der Waals surface area (Å²) in [5.41, 5.74) is 5.66. The van der Waals surface area contributed by atoms with Gasteiger partial charge in [0.15, 0.2) is 0 Å². The maximum atomic E-state index is 12.8. The normalized spacial score (nSPS) is 38.0. The molecule has 1 rings (SSSR count). The Balaban J connectivity index is 3.28. The monoisotopic (exact) mass is 589 g/mol. The summed E-state index contributed by atoms with van der Waals surface area (Å²) in [4.78, 5) is 12.8. The number of hydrogen-bond acceptors (Lipinski definition) is 7. The van der Waals surface area contributed by atoms with E-state index in [1.165, 1.54) is 6.08 Å². The second kappa shape index (κ2) is 20.8. The molecule has 1 aliphatic rings. The van der Waals surface area contributed by atoms with E-state index in [2.05, 4.69) is 13.5 Å². The first-order valence-corrected chi connectivity index (χ1v) is 15.9. The van der Waals surface area contributed by atoms with Crippen LogP contribution < -0.4 is 5.73 Å². The van der Waals surface area contributed by atoms with Crippen LogP contribution in [0.3, 0.4) is 0 Å². The van der Waals surface area contributed by atoms with Crippen molar-refractivity contribution in [2.45, 2.75) is 110 Å². The Morgan fingerprint density at radius 1 is 1.00 bits per heavy atom. The molecule has 1 heterocycles. The number of aliphatic hydroxyl groups is 4. The van der Waals surface area contributed by atoms with Gasteiger partial charge in [0.1, 0.15) is 6.10 Å². The van der Waals surface area contributed by atoms with Crippen molar-refractivity contribution in [3.05, 3.63) is 61.3 Å². The van der Waals surface area contributed by atoms with Crippen molar-refractivity contribution in [2.24, 2.45) is 41.2 Å². The van der Waals surface area contributed by atoms with Crippen LogP contribution in [-0.2, 0) is 9.53 Å². The van der Waals surface area contributed by atoms with Gasteiger partial charge in [-0.25, -0.2) is 4.79 Å². The van der Waals surface area contributed by atoms with Crippen LogP contribution >= 0.6 is 0 Å². The van der Waals surface area contributed by atoms with Gasteiger partial charge in [-0.05, 0) is 50.5 Å². The zero-order valence-corrected chi connectivity index (χ0v) is 26.6. The van der Waals surface area contributed by atoms with E-state index in [0.29, 0.717) is 19.4 Å². The SMILES string of the molecule is C=C/C=C\[C@H](C)[C@@H]1OC(=O)/C=C\C=C\C(CCCCN)[C@@H](O)C[C@H](O)/C=C\[C@H](C)[C@H](O)[C@@H](C)C[C@@H](C)CC[C@@H](O)[C@@H]1C. The third-order valence-electron chi connectivity index (χ3n) is 8.60. The van der Waals surface area contributed by atoms with Crippen LogP contribution in [0.25, 0.3) is 0 Å². The lowest BCUT2D eigenvalue weighted by atomic mass is 9.82. The molecular formula is C35H59NO6. The Morgan fingerprint density at radius 2 is 1.71 bits per heavy atom. The van der Waals surface area contributed by atoms with Crippen LogP contribution in [-0.4, -0.2) is 63.5 Å². The lowest BCUT2D eigenvalue weighted by Gasteiger charge is -2.31. The molecule has 7 heteroatoms. The maximum absolute atomic E-state index is 12.8. The minimum Gasteiger partial charge on any atom is -0.458 e. The zero-order chi connectivity index (χ0) is 31.7. The summed E-state index contributed by atoms with van der Waals surface area (Å²) in [6.45, 7) is 14.2. The van der Waals surface area contributed by atoms with Gasteiger partial charge in [0.25, 0.3) is 0 Å². The molecule has 240 valence electrons. The number of allylic oxidation sites excluding steroid dienone is 4. The molecule has 0 aromatic carbocycles. The van der Waals surface area contributed by atoms with Crippen molar-refractivity contribution in [3.63, 3.8) is 0 Å². The van der Waals surface area contributed by atoms with E-state index in [-0.39, 0.29) is 41.9 Å². The summed E-state index contributed by atoms with van der Waals surface area (Å²) in [7, 11) is 0. The van der Waals surface area contributed by atoms with E-state index >= 15 is 0 Å². The number of cyclic esters (lactones) is 1. The Labute approximate surface area is 254 Å².